The fourth-order valence-electron chi connectivity index (χ4n) is 2.82. The number of anilines is 1. The van der Waals surface area contributed by atoms with E-state index in [1.807, 2.05) is 11.4 Å². The molecule has 31 heavy (non-hydrogen) atoms. The molecule has 0 fully saturated rings. The molecule has 0 bridgehead atoms. The average Bonchev–Trinajstić information content (AvgIpc) is 3.47. The van der Waals surface area contributed by atoms with Gasteiger partial charge in [-0.3, -0.25) is 24.3 Å². The maximum Gasteiger partial charge on any atom is 0.307 e. The van der Waals surface area contributed by atoms with Crippen molar-refractivity contribution in [1.29, 1.82) is 0 Å². The van der Waals surface area contributed by atoms with Gasteiger partial charge in [0.25, 0.3) is 5.91 Å². The summed E-state index contributed by atoms with van der Waals surface area (Å²) in [5, 5.41) is 24.6. The van der Waals surface area contributed by atoms with Gasteiger partial charge in [0.15, 0.2) is 5.82 Å². The highest BCUT2D eigenvalue weighted by Gasteiger charge is 2.13. The maximum atomic E-state index is 12.5. The van der Waals surface area contributed by atoms with E-state index in [-0.39, 0.29) is 11.6 Å². The zero-order valence-corrected chi connectivity index (χ0v) is 18.1. The predicted molar refractivity (Wildman–Crippen MR) is 118 cm³/mol. The Balaban J connectivity index is 1.37. The highest BCUT2D eigenvalue weighted by molar-refractivity contribution is 7.12. The number of rotatable bonds is 7. The van der Waals surface area contributed by atoms with Gasteiger partial charge in [-0.05, 0) is 34.7 Å². The van der Waals surface area contributed by atoms with Crippen molar-refractivity contribution in [2.24, 2.45) is 0 Å². The fourth-order valence-corrected chi connectivity index (χ4v) is 3.94. The van der Waals surface area contributed by atoms with Crippen molar-refractivity contribution in [2.45, 2.75) is 13.1 Å². The van der Waals surface area contributed by atoms with Crippen LogP contribution in [-0.2, 0) is 13.1 Å². The third-order valence-electron chi connectivity index (χ3n) is 4.26. The molecular weight excluding hydrogens is 463 g/mol. The van der Waals surface area contributed by atoms with Crippen LogP contribution in [0.1, 0.15) is 20.8 Å². The van der Waals surface area contributed by atoms with Gasteiger partial charge in [0.05, 0.1) is 32.9 Å². The standard InChI is InChI=1S/C19H14Cl2N6O3S/c20-15-2-1-12(5-16(15)21)8-25-4-3-18(24-25)23-19(28)17-6-13(11-31-17)9-26-10-14(7-22-26)27(29)30/h1-7,10-11H,8-9H2,(H,23,24,28). The molecule has 0 spiro atoms. The van der Waals surface area contributed by atoms with E-state index in [1.54, 1.807) is 35.1 Å². The summed E-state index contributed by atoms with van der Waals surface area (Å²) in [7, 11) is 0. The van der Waals surface area contributed by atoms with Crippen molar-refractivity contribution < 1.29 is 9.72 Å². The van der Waals surface area contributed by atoms with Crippen molar-refractivity contribution in [3.8, 4) is 0 Å². The molecule has 12 heteroatoms. The molecule has 158 valence electrons. The monoisotopic (exact) mass is 476 g/mol. The summed E-state index contributed by atoms with van der Waals surface area (Å²) in [6.45, 7) is 0.807. The molecule has 0 aliphatic carbocycles. The van der Waals surface area contributed by atoms with E-state index in [1.165, 1.54) is 28.4 Å². The number of hydrogen-bond donors (Lipinski definition) is 1. The van der Waals surface area contributed by atoms with Crippen LogP contribution in [0.3, 0.4) is 0 Å². The fraction of sp³-hybridized carbons (Fsp3) is 0.105. The first-order valence-corrected chi connectivity index (χ1v) is 10.5. The molecular formula is C19H14Cl2N6O3S. The van der Waals surface area contributed by atoms with Gasteiger partial charge < -0.3 is 5.32 Å². The van der Waals surface area contributed by atoms with Crippen LogP contribution in [0.25, 0.3) is 0 Å². The number of aromatic nitrogens is 4. The number of carbonyl (C=O) groups excluding carboxylic acids is 1. The zero-order valence-electron chi connectivity index (χ0n) is 15.7. The molecule has 0 radical (unpaired) electrons. The largest absolute Gasteiger partial charge is 0.307 e. The van der Waals surface area contributed by atoms with Gasteiger partial charge in [0, 0.05) is 12.3 Å². The number of benzene rings is 1. The van der Waals surface area contributed by atoms with Crippen LogP contribution in [0, 0.1) is 10.1 Å². The Bertz CT molecular complexity index is 1270. The lowest BCUT2D eigenvalue weighted by Gasteiger charge is -2.04. The highest BCUT2D eigenvalue weighted by Crippen LogP contribution is 2.23. The van der Waals surface area contributed by atoms with Crippen molar-refractivity contribution >= 4 is 52.0 Å². The number of nitrogens with zero attached hydrogens (tertiary/aromatic N) is 5. The topological polar surface area (TPSA) is 108 Å². The van der Waals surface area contributed by atoms with Gasteiger partial charge in [-0.1, -0.05) is 29.3 Å². The molecule has 0 aliphatic rings. The van der Waals surface area contributed by atoms with Crippen molar-refractivity contribution in [3.05, 3.63) is 90.5 Å². The summed E-state index contributed by atoms with van der Waals surface area (Å²) in [5.41, 5.74) is 1.67. The quantitative estimate of drug-likeness (QED) is 0.307. The van der Waals surface area contributed by atoms with Gasteiger partial charge >= 0.3 is 5.69 Å². The number of nitro groups is 1. The van der Waals surface area contributed by atoms with Crippen LogP contribution in [0.15, 0.2) is 54.3 Å². The van der Waals surface area contributed by atoms with Gasteiger partial charge in [-0.2, -0.15) is 10.2 Å². The van der Waals surface area contributed by atoms with Crippen LogP contribution < -0.4 is 5.32 Å². The van der Waals surface area contributed by atoms with E-state index >= 15 is 0 Å². The second-order valence-corrected chi connectivity index (χ2v) is 8.30. The summed E-state index contributed by atoms with van der Waals surface area (Å²) in [6, 6.07) is 8.77. The molecule has 1 N–H and O–H groups in total. The van der Waals surface area contributed by atoms with E-state index in [2.05, 4.69) is 15.5 Å². The SMILES string of the molecule is O=C(Nc1ccn(Cc2ccc(Cl)c(Cl)c2)n1)c1cc(Cn2cc([N+](=O)[O-])cn2)cs1. The van der Waals surface area contributed by atoms with E-state index < -0.39 is 4.92 Å². The molecule has 9 nitrogen and oxygen atoms in total. The lowest BCUT2D eigenvalue weighted by atomic mass is 10.2. The van der Waals surface area contributed by atoms with Gasteiger partial charge in [0.2, 0.25) is 0 Å². The Morgan fingerprint density at radius 1 is 1.13 bits per heavy atom. The summed E-state index contributed by atoms with van der Waals surface area (Å²) in [4.78, 5) is 23.3. The molecule has 0 saturated heterocycles. The van der Waals surface area contributed by atoms with Crippen LogP contribution in [0.4, 0.5) is 11.5 Å². The third-order valence-corrected chi connectivity index (χ3v) is 5.98. The molecule has 1 amide bonds. The normalized spacial score (nSPS) is 10.9. The Kier molecular flexibility index (Phi) is 6.03. The highest BCUT2D eigenvalue weighted by atomic mass is 35.5. The van der Waals surface area contributed by atoms with Crippen LogP contribution >= 0.6 is 34.5 Å². The molecule has 0 atom stereocenters. The minimum absolute atomic E-state index is 0.0790. The van der Waals surface area contributed by atoms with E-state index in [4.69, 9.17) is 23.2 Å². The summed E-state index contributed by atoms with van der Waals surface area (Å²) >= 11 is 13.2. The predicted octanol–water partition coefficient (Wildman–Crippen LogP) is 4.71. The summed E-state index contributed by atoms with van der Waals surface area (Å²) in [6.07, 6.45) is 4.29. The van der Waals surface area contributed by atoms with Crippen LogP contribution in [0.5, 0.6) is 0 Å². The molecule has 0 saturated carbocycles. The molecule has 4 aromatic rings. The Morgan fingerprint density at radius 2 is 1.94 bits per heavy atom. The number of amides is 1. The molecule has 0 aliphatic heterocycles. The average molecular weight is 477 g/mol. The summed E-state index contributed by atoms with van der Waals surface area (Å²) < 4.78 is 3.13. The van der Waals surface area contributed by atoms with Crippen LogP contribution in [0.2, 0.25) is 10.0 Å². The first kappa shape index (κ1) is 21.0. The van der Waals surface area contributed by atoms with Gasteiger partial charge in [0.1, 0.15) is 12.4 Å². The van der Waals surface area contributed by atoms with Gasteiger partial charge in [-0.25, -0.2) is 0 Å². The van der Waals surface area contributed by atoms with Crippen molar-refractivity contribution in [2.75, 3.05) is 5.32 Å². The van der Waals surface area contributed by atoms with E-state index in [0.717, 1.165) is 11.1 Å². The Hall–Kier alpha value is -3.21. The lowest BCUT2D eigenvalue weighted by Crippen LogP contribution is -2.11. The molecule has 3 aromatic heterocycles. The van der Waals surface area contributed by atoms with Gasteiger partial charge in [-0.15, -0.1) is 11.3 Å². The van der Waals surface area contributed by atoms with Crippen molar-refractivity contribution in [3.63, 3.8) is 0 Å². The summed E-state index contributed by atoms with van der Waals surface area (Å²) in [5.74, 6) is 0.130. The minimum Gasteiger partial charge on any atom is -0.304 e. The molecule has 1 aromatic carbocycles. The first-order valence-electron chi connectivity index (χ1n) is 8.90. The lowest BCUT2D eigenvalue weighted by molar-refractivity contribution is -0.385. The van der Waals surface area contributed by atoms with E-state index in [0.29, 0.717) is 33.8 Å². The maximum absolute atomic E-state index is 12.5. The number of hydrogen-bond acceptors (Lipinski definition) is 6. The van der Waals surface area contributed by atoms with Crippen LogP contribution in [-0.4, -0.2) is 30.4 Å². The second kappa shape index (κ2) is 8.88. The third kappa shape index (κ3) is 5.10. The number of carbonyl (C=O) groups is 1. The Morgan fingerprint density at radius 3 is 2.68 bits per heavy atom. The zero-order chi connectivity index (χ0) is 22.0. The first-order chi connectivity index (χ1) is 14.9. The second-order valence-electron chi connectivity index (χ2n) is 6.57. The molecule has 0 unspecified atom stereocenters. The van der Waals surface area contributed by atoms with Crippen molar-refractivity contribution in [1.82, 2.24) is 19.6 Å². The Labute approximate surface area is 190 Å². The minimum atomic E-state index is -0.503. The van der Waals surface area contributed by atoms with E-state index in [9.17, 15) is 14.9 Å². The smallest absolute Gasteiger partial charge is 0.304 e. The molecule has 3 heterocycles. The number of thiophene rings is 1. The number of nitrogens with one attached hydrogen (secondary N) is 1. The molecule has 4 rings (SSSR count). The number of halogens is 2.